The van der Waals surface area contributed by atoms with E-state index in [9.17, 15) is 23.1 Å². The van der Waals surface area contributed by atoms with Crippen molar-refractivity contribution in [1.29, 1.82) is 0 Å². The van der Waals surface area contributed by atoms with Gasteiger partial charge in [-0.15, -0.1) is 0 Å². The summed E-state index contributed by atoms with van der Waals surface area (Å²) < 4.78 is 49.4. The number of ether oxygens (including phenoxy) is 1. The second-order valence-electron chi connectivity index (χ2n) is 7.11. The fourth-order valence-corrected chi connectivity index (χ4v) is 3.76. The van der Waals surface area contributed by atoms with Gasteiger partial charge in [0.2, 0.25) is 5.88 Å². The molecule has 0 unspecified atom stereocenters. The average molecular weight is 405 g/mol. The molecule has 0 amide bonds. The molecule has 1 aromatic heterocycles. The lowest BCUT2D eigenvalue weighted by Gasteiger charge is -2.24. The van der Waals surface area contributed by atoms with Gasteiger partial charge in [0.1, 0.15) is 11.5 Å². The molecular formula is C21H18F3NO4. The third kappa shape index (κ3) is 3.74. The van der Waals surface area contributed by atoms with E-state index in [0.29, 0.717) is 17.1 Å². The minimum absolute atomic E-state index is 0.211. The number of benzene rings is 2. The van der Waals surface area contributed by atoms with Crippen molar-refractivity contribution < 1.29 is 27.4 Å². The zero-order valence-corrected chi connectivity index (χ0v) is 15.5. The molecule has 1 atom stereocenters. The summed E-state index contributed by atoms with van der Waals surface area (Å²) in [6, 6.07) is 8.75. The van der Waals surface area contributed by atoms with E-state index >= 15 is 0 Å². The fourth-order valence-electron chi connectivity index (χ4n) is 3.76. The molecule has 3 aromatic rings. The molecule has 152 valence electrons. The summed E-state index contributed by atoms with van der Waals surface area (Å²) in [6.45, 7) is 1.57. The van der Waals surface area contributed by atoms with E-state index in [2.05, 4.69) is 4.98 Å². The number of rotatable bonds is 3. The predicted octanol–water partition coefficient (Wildman–Crippen LogP) is 5.26. The zero-order chi connectivity index (χ0) is 20.8. The van der Waals surface area contributed by atoms with Crippen LogP contribution in [0, 0.1) is 6.92 Å². The van der Waals surface area contributed by atoms with Gasteiger partial charge in [0.25, 0.3) is 0 Å². The van der Waals surface area contributed by atoms with E-state index in [0.717, 1.165) is 42.5 Å². The predicted molar refractivity (Wildman–Crippen MR) is 98.5 cm³/mol. The number of aromatic hydroxyl groups is 1. The van der Waals surface area contributed by atoms with Crippen LogP contribution in [0.15, 0.2) is 45.6 Å². The molecule has 0 radical (unpaired) electrons. The summed E-state index contributed by atoms with van der Waals surface area (Å²) in [5.41, 5.74) is 1.57. The average Bonchev–Trinajstić information content (AvgIpc) is 3.00. The van der Waals surface area contributed by atoms with Crippen molar-refractivity contribution >= 4 is 0 Å². The molecule has 0 saturated heterocycles. The van der Waals surface area contributed by atoms with Crippen molar-refractivity contribution in [1.82, 2.24) is 4.98 Å². The van der Waals surface area contributed by atoms with Crippen molar-refractivity contribution in [2.45, 2.75) is 38.3 Å². The van der Waals surface area contributed by atoms with E-state index in [1.165, 1.54) is 6.07 Å². The van der Waals surface area contributed by atoms with Crippen molar-refractivity contribution in [3.05, 3.63) is 75.0 Å². The smallest absolute Gasteiger partial charge is 0.419 e. The third-order valence-electron chi connectivity index (χ3n) is 5.13. The summed E-state index contributed by atoms with van der Waals surface area (Å²) in [5.74, 6) is -0.162. The van der Waals surface area contributed by atoms with E-state index in [1.807, 2.05) is 12.1 Å². The molecule has 0 aliphatic heterocycles. The maximum Gasteiger partial charge on any atom is 0.419 e. The van der Waals surface area contributed by atoms with Crippen LogP contribution < -0.4 is 10.5 Å². The van der Waals surface area contributed by atoms with E-state index in [4.69, 9.17) is 9.15 Å². The number of halogens is 3. The Hall–Kier alpha value is -3.16. The van der Waals surface area contributed by atoms with E-state index < -0.39 is 17.5 Å². The molecule has 4 rings (SSSR count). The number of aromatic nitrogens is 1. The second-order valence-corrected chi connectivity index (χ2v) is 7.11. The molecule has 0 fully saturated rings. The van der Waals surface area contributed by atoms with Crippen LogP contribution >= 0.6 is 0 Å². The zero-order valence-electron chi connectivity index (χ0n) is 15.5. The van der Waals surface area contributed by atoms with Crippen molar-refractivity contribution in [2.24, 2.45) is 0 Å². The highest BCUT2D eigenvalue weighted by molar-refractivity contribution is 5.46. The SMILES string of the molecule is Cc1cc(C(F)(F)F)ccc1Oc1ccc2c(c1)CCC[C@H]2c1oc(=O)[nH]c1O. The van der Waals surface area contributed by atoms with Crippen LogP contribution in [0.4, 0.5) is 13.2 Å². The Kier molecular flexibility index (Phi) is 4.64. The topological polar surface area (TPSA) is 75.5 Å². The highest BCUT2D eigenvalue weighted by Gasteiger charge is 2.31. The maximum atomic E-state index is 12.8. The van der Waals surface area contributed by atoms with Gasteiger partial charge in [-0.05, 0) is 73.2 Å². The molecule has 5 nitrogen and oxygen atoms in total. The Balaban J connectivity index is 1.62. The highest BCUT2D eigenvalue weighted by Crippen LogP contribution is 2.41. The number of fused-ring (bicyclic) bond motifs is 1. The lowest BCUT2D eigenvalue weighted by molar-refractivity contribution is -0.137. The molecule has 29 heavy (non-hydrogen) atoms. The van der Waals surface area contributed by atoms with Crippen LogP contribution in [0.2, 0.25) is 0 Å². The minimum atomic E-state index is -4.40. The van der Waals surface area contributed by atoms with Gasteiger partial charge in [-0.25, -0.2) is 4.79 Å². The van der Waals surface area contributed by atoms with Gasteiger partial charge in [-0.3, -0.25) is 4.98 Å². The number of nitrogens with one attached hydrogen (secondary N) is 1. The number of aryl methyl sites for hydroxylation is 2. The molecule has 0 saturated carbocycles. The first-order valence-electron chi connectivity index (χ1n) is 9.13. The number of alkyl halides is 3. The molecule has 2 N–H and O–H groups in total. The standard InChI is InChI=1S/C21H18F3NO4/c1-11-9-13(21(22,23)24)5-8-17(11)28-14-6-7-15-12(10-14)3-2-4-16(15)18-19(26)25-20(27)29-18/h5-10,16,26H,2-4H2,1H3,(H,25,27)/t16-/m1/s1. The molecule has 1 aliphatic carbocycles. The van der Waals surface area contributed by atoms with Crippen molar-refractivity contribution in [3.63, 3.8) is 0 Å². The van der Waals surface area contributed by atoms with Gasteiger partial charge < -0.3 is 14.3 Å². The van der Waals surface area contributed by atoms with Crippen molar-refractivity contribution in [2.75, 3.05) is 0 Å². The summed E-state index contributed by atoms with van der Waals surface area (Å²) >= 11 is 0. The quantitative estimate of drug-likeness (QED) is 0.623. The molecule has 1 heterocycles. The first kappa shape index (κ1) is 19.2. The Morgan fingerprint density at radius 2 is 2.00 bits per heavy atom. The summed E-state index contributed by atoms with van der Waals surface area (Å²) in [7, 11) is 0. The number of hydrogen-bond donors (Lipinski definition) is 2. The number of aromatic amines is 1. The van der Waals surface area contributed by atoms with Crippen molar-refractivity contribution in [3.8, 4) is 17.4 Å². The lowest BCUT2D eigenvalue weighted by atomic mass is 9.81. The summed E-state index contributed by atoms with van der Waals surface area (Å²) in [5, 5.41) is 9.91. The van der Waals surface area contributed by atoms with Crippen LogP contribution in [-0.2, 0) is 12.6 Å². The van der Waals surface area contributed by atoms with Gasteiger partial charge in [-0.2, -0.15) is 13.2 Å². The molecule has 8 heteroatoms. The molecule has 0 spiro atoms. The van der Waals surface area contributed by atoms with Gasteiger partial charge in [-0.1, -0.05) is 6.07 Å². The Morgan fingerprint density at radius 3 is 2.66 bits per heavy atom. The van der Waals surface area contributed by atoms with Crippen LogP contribution in [0.25, 0.3) is 0 Å². The van der Waals surface area contributed by atoms with Gasteiger partial charge >= 0.3 is 11.9 Å². The normalized spacial score (nSPS) is 16.5. The fraction of sp³-hybridized carbons (Fsp3) is 0.286. The maximum absolute atomic E-state index is 12.8. The van der Waals surface area contributed by atoms with E-state index in [-0.39, 0.29) is 17.6 Å². The Morgan fingerprint density at radius 1 is 1.21 bits per heavy atom. The van der Waals surface area contributed by atoms with Crippen LogP contribution in [0.1, 0.15) is 46.8 Å². The van der Waals surface area contributed by atoms with Crippen LogP contribution in [0.3, 0.4) is 0 Å². The second kappa shape index (κ2) is 7.02. The third-order valence-corrected chi connectivity index (χ3v) is 5.13. The lowest BCUT2D eigenvalue weighted by Crippen LogP contribution is -2.11. The van der Waals surface area contributed by atoms with Crippen LogP contribution in [0.5, 0.6) is 17.4 Å². The minimum Gasteiger partial charge on any atom is -0.492 e. The Bertz CT molecular complexity index is 1110. The number of oxazole rings is 1. The van der Waals surface area contributed by atoms with Gasteiger partial charge in [0.15, 0.2) is 5.76 Å². The summed E-state index contributed by atoms with van der Waals surface area (Å²) in [4.78, 5) is 13.6. The van der Waals surface area contributed by atoms with Gasteiger partial charge in [0.05, 0.1) is 5.56 Å². The summed E-state index contributed by atoms with van der Waals surface area (Å²) in [6.07, 6.45) is -2.07. The van der Waals surface area contributed by atoms with Gasteiger partial charge in [0, 0.05) is 5.92 Å². The number of hydrogen-bond acceptors (Lipinski definition) is 4. The largest absolute Gasteiger partial charge is 0.492 e. The monoisotopic (exact) mass is 405 g/mol. The number of H-pyrrole nitrogens is 1. The molecule has 1 aliphatic rings. The van der Waals surface area contributed by atoms with E-state index in [1.54, 1.807) is 13.0 Å². The first-order chi connectivity index (χ1) is 13.7. The molecule has 0 bridgehead atoms. The Labute approximate surface area is 163 Å². The molecular weight excluding hydrogens is 387 g/mol. The highest BCUT2D eigenvalue weighted by atomic mass is 19.4. The first-order valence-corrected chi connectivity index (χ1v) is 9.13. The molecule has 2 aromatic carbocycles. The van der Waals surface area contributed by atoms with Crippen LogP contribution in [-0.4, -0.2) is 10.1 Å².